The molecule has 6 nitrogen and oxygen atoms in total. The van der Waals surface area contributed by atoms with Crippen LogP contribution in [0.2, 0.25) is 0 Å². The molecule has 0 amide bonds. The lowest BCUT2D eigenvalue weighted by Crippen LogP contribution is -2.30. The van der Waals surface area contributed by atoms with Gasteiger partial charge in [0.05, 0.1) is 0 Å². The Kier molecular flexibility index (Phi) is 61.9. The van der Waals surface area contributed by atoms with E-state index in [0.29, 0.717) is 25.7 Å². The number of carbonyl (C=O) groups is 3. The van der Waals surface area contributed by atoms with Gasteiger partial charge in [-0.2, -0.15) is 0 Å². The second-order valence-electron chi connectivity index (χ2n) is 20.6. The lowest BCUT2D eigenvalue weighted by atomic mass is 10.1. The molecule has 0 aliphatic carbocycles. The van der Waals surface area contributed by atoms with E-state index in [1.807, 2.05) is 0 Å². The van der Waals surface area contributed by atoms with E-state index >= 15 is 0 Å². The van der Waals surface area contributed by atoms with Gasteiger partial charge in [-0.05, 0) is 135 Å². The van der Waals surface area contributed by atoms with Crippen molar-refractivity contribution in [3.8, 4) is 0 Å². The van der Waals surface area contributed by atoms with Crippen LogP contribution in [0.4, 0.5) is 0 Å². The normalized spacial score (nSPS) is 13.3. The molecule has 0 spiro atoms. The maximum Gasteiger partial charge on any atom is 0.306 e. The quantitative estimate of drug-likeness (QED) is 0.0261. The molecule has 1 unspecified atom stereocenters. The number of hydrogen-bond donors (Lipinski definition) is 0. The minimum Gasteiger partial charge on any atom is -0.462 e. The SMILES string of the molecule is CC/C=C\C/C=C\C/C=C\C/C=C\C/C=C\C/C=C\C/C=C\C/C=C\CCCCC(=O)OCC(COC(=O)CCCCCCCCCCCC)OC(=O)CCCCCCCC/C=C\C/C=C\C/C=C\C/C=C\C/C=C\C/C=C\CC. The molecule has 0 bridgehead atoms. The van der Waals surface area contributed by atoms with Crippen molar-refractivity contribution in [2.45, 2.75) is 264 Å². The maximum atomic E-state index is 12.9. The van der Waals surface area contributed by atoms with Gasteiger partial charge in [0.15, 0.2) is 6.10 Å². The average Bonchev–Trinajstić information content (AvgIpc) is 3.46. The zero-order valence-electron chi connectivity index (χ0n) is 51.3. The maximum absolute atomic E-state index is 12.9. The molecule has 0 rings (SSSR count). The van der Waals surface area contributed by atoms with Crippen LogP contribution in [0.1, 0.15) is 258 Å². The summed E-state index contributed by atoms with van der Waals surface area (Å²) in [6.07, 6.45) is 97.9. The zero-order chi connectivity index (χ0) is 57.8. The van der Waals surface area contributed by atoms with Gasteiger partial charge >= 0.3 is 17.9 Å². The number of allylic oxidation sites excluding steroid dienone is 28. The second-order valence-corrected chi connectivity index (χ2v) is 20.6. The molecule has 0 aliphatic heterocycles. The Balaban J connectivity index is 4.43. The van der Waals surface area contributed by atoms with Gasteiger partial charge in [0.25, 0.3) is 0 Å². The molecule has 0 heterocycles. The highest BCUT2D eigenvalue weighted by atomic mass is 16.6. The molecule has 0 fully saturated rings. The van der Waals surface area contributed by atoms with Crippen molar-refractivity contribution in [2.75, 3.05) is 13.2 Å². The van der Waals surface area contributed by atoms with E-state index in [2.05, 4.69) is 191 Å². The number of esters is 3. The van der Waals surface area contributed by atoms with Crippen LogP contribution in [-0.2, 0) is 28.6 Å². The van der Waals surface area contributed by atoms with Gasteiger partial charge in [0, 0.05) is 19.3 Å². The summed E-state index contributed by atoms with van der Waals surface area (Å²) in [5.74, 6) is -0.971. The van der Waals surface area contributed by atoms with Crippen LogP contribution >= 0.6 is 0 Å². The monoisotopic (exact) mass is 1100 g/mol. The Morgan fingerprint density at radius 3 is 0.787 bits per heavy atom. The second kappa shape index (κ2) is 66.3. The Morgan fingerprint density at radius 1 is 0.263 bits per heavy atom. The molecule has 0 aliphatic rings. The standard InChI is InChI=1S/C74H116O6/c1-4-7-10-13-16-19-22-24-26-28-30-32-34-36-37-39-40-42-44-46-48-50-52-55-58-61-64-67-73(76)79-70-71(69-78-72(75)66-63-60-57-54-21-18-15-12-9-6-3)80-74(77)68-65-62-59-56-53-51-49-47-45-43-41-38-35-33-31-29-27-25-23-20-17-14-11-8-5-2/h7-8,10-11,16-17,19-20,24-27,30-33,36-38,40-42,45-48,52,55,71H,4-6,9,12-15,18,21-23,28-29,34-35,39,43-44,49-51,53-54,56-70H2,1-3H3/b10-7-,11-8-,19-16-,20-17-,26-24-,27-25-,32-30-,33-31-,37-36-,41-38-,42-40-,47-45-,48-46-,55-52-. The van der Waals surface area contributed by atoms with Crippen molar-refractivity contribution in [1.29, 1.82) is 0 Å². The van der Waals surface area contributed by atoms with Crippen molar-refractivity contribution < 1.29 is 28.6 Å². The van der Waals surface area contributed by atoms with Crippen molar-refractivity contribution in [2.24, 2.45) is 0 Å². The fourth-order valence-corrected chi connectivity index (χ4v) is 8.23. The Bertz CT molecular complexity index is 1840. The molecule has 0 saturated heterocycles. The summed E-state index contributed by atoms with van der Waals surface area (Å²) in [6, 6.07) is 0. The molecule has 0 aromatic heterocycles. The number of unbranched alkanes of at least 4 members (excludes halogenated alkanes) is 17. The minimum atomic E-state index is -0.812. The summed E-state index contributed by atoms with van der Waals surface area (Å²) >= 11 is 0. The Labute approximate surface area is 492 Å². The third kappa shape index (κ3) is 63.6. The molecule has 1 atom stereocenters. The summed E-state index contributed by atoms with van der Waals surface area (Å²) < 4.78 is 16.8. The van der Waals surface area contributed by atoms with Crippen LogP contribution in [0.15, 0.2) is 170 Å². The number of rotatable bonds is 56. The van der Waals surface area contributed by atoms with E-state index in [1.165, 1.54) is 57.8 Å². The van der Waals surface area contributed by atoms with Gasteiger partial charge in [-0.1, -0.05) is 274 Å². The first kappa shape index (κ1) is 74.8. The van der Waals surface area contributed by atoms with Gasteiger partial charge in [-0.25, -0.2) is 0 Å². The first-order chi connectivity index (χ1) is 39.5. The van der Waals surface area contributed by atoms with Gasteiger partial charge < -0.3 is 14.2 Å². The van der Waals surface area contributed by atoms with Crippen LogP contribution in [0.5, 0.6) is 0 Å². The highest BCUT2D eigenvalue weighted by molar-refractivity contribution is 5.71. The van der Waals surface area contributed by atoms with Crippen molar-refractivity contribution >= 4 is 17.9 Å². The summed E-state index contributed by atoms with van der Waals surface area (Å²) in [7, 11) is 0. The smallest absolute Gasteiger partial charge is 0.306 e. The Hall–Kier alpha value is -5.23. The largest absolute Gasteiger partial charge is 0.462 e. The summed E-state index contributed by atoms with van der Waals surface area (Å²) in [5, 5.41) is 0. The molecule has 6 heteroatoms. The van der Waals surface area contributed by atoms with E-state index in [9.17, 15) is 14.4 Å². The lowest BCUT2D eigenvalue weighted by Gasteiger charge is -2.18. The topological polar surface area (TPSA) is 78.9 Å². The van der Waals surface area contributed by atoms with Crippen LogP contribution in [0.3, 0.4) is 0 Å². The number of carbonyl (C=O) groups excluding carboxylic acids is 3. The first-order valence-corrected chi connectivity index (χ1v) is 32.1. The van der Waals surface area contributed by atoms with Crippen LogP contribution < -0.4 is 0 Å². The molecule has 0 aromatic rings. The molecule has 0 aromatic carbocycles. The number of ether oxygens (including phenoxy) is 3. The van der Waals surface area contributed by atoms with E-state index in [-0.39, 0.29) is 31.1 Å². The van der Waals surface area contributed by atoms with E-state index in [4.69, 9.17) is 14.2 Å². The molecule has 0 radical (unpaired) electrons. The predicted molar refractivity (Wildman–Crippen MR) is 348 cm³/mol. The van der Waals surface area contributed by atoms with Crippen LogP contribution in [0.25, 0.3) is 0 Å². The van der Waals surface area contributed by atoms with Crippen LogP contribution in [-0.4, -0.2) is 37.2 Å². The van der Waals surface area contributed by atoms with E-state index < -0.39 is 6.10 Å². The fourth-order valence-electron chi connectivity index (χ4n) is 8.23. The van der Waals surface area contributed by atoms with E-state index in [0.717, 1.165) is 154 Å². The van der Waals surface area contributed by atoms with Crippen molar-refractivity contribution in [3.05, 3.63) is 170 Å². The van der Waals surface area contributed by atoms with Crippen molar-refractivity contribution in [3.63, 3.8) is 0 Å². The molecule has 448 valence electrons. The molecule has 80 heavy (non-hydrogen) atoms. The Morgan fingerprint density at radius 2 is 0.487 bits per heavy atom. The summed E-state index contributed by atoms with van der Waals surface area (Å²) in [6.45, 7) is 6.34. The predicted octanol–water partition coefficient (Wildman–Crippen LogP) is 22.3. The highest BCUT2D eigenvalue weighted by Crippen LogP contribution is 2.14. The molecule has 0 N–H and O–H groups in total. The fraction of sp³-hybridized carbons (Fsp3) is 0.581. The van der Waals surface area contributed by atoms with E-state index in [1.54, 1.807) is 0 Å². The minimum absolute atomic E-state index is 0.104. The van der Waals surface area contributed by atoms with Gasteiger partial charge in [-0.3, -0.25) is 14.4 Å². The van der Waals surface area contributed by atoms with Crippen molar-refractivity contribution in [1.82, 2.24) is 0 Å². The first-order valence-electron chi connectivity index (χ1n) is 32.1. The van der Waals surface area contributed by atoms with Gasteiger partial charge in [0.2, 0.25) is 0 Å². The summed E-state index contributed by atoms with van der Waals surface area (Å²) in [5.41, 5.74) is 0. The average molecular weight is 1100 g/mol. The highest BCUT2D eigenvalue weighted by Gasteiger charge is 2.19. The molecular weight excluding hydrogens is 985 g/mol. The van der Waals surface area contributed by atoms with Crippen LogP contribution in [0, 0.1) is 0 Å². The third-order valence-electron chi connectivity index (χ3n) is 13.0. The lowest BCUT2D eigenvalue weighted by molar-refractivity contribution is -0.167. The van der Waals surface area contributed by atoms with Gasteiger partial charge in [-0.15, -0.1) is 0 Å². The zero-order valence-corrected chi connectivity index (χ0v) is 51.3. The number of hydrogen-bond acceptors (Lipinski definition) is 6. The third-order valence-corrected chi connectivity index (χ3v) is 13.0. The van der Waals surface area contributed by atoms with Gasteiger partial charge in [0.1, 0.15) is 13.2 Å². The molecular formula is C74H116O6. The molecule has 0 saturated carbocycles. The summed E-state index contributed by atoms with van der Waals surface area (Å²) in [4.78, 5) is 38.2.